The molecule has 0 saturated carbocycles. The van der Waals surface area contributed by atoms with Crippen LogP contribution in [0.3, 0.4) is 0 Å². The Labute approximate surface area is 128 Å². The van der Waals surface area contributed by atoms with E-state index in [0.29, 0.717) is 11.3 Å². The van der Waals surface area contributed by atoms with Gasteiger partial charge in [0.25, 0.3) is 0 Å². The molecule has 0 amide bonds. The summed E-state index contributed by atoms with van der Waals surface area (Å²) < 4.78 is 0. The van der Waals surface area contributed by atoms with Crippen LogP contribution in [0.5, 0.6) is 0 Å². The Morgan fingerprint density at radius 1 is 1.18 bits per heavy atom. The molecule has 5 nitrogen and oxygen atoms in total. The van der Waals surface area contributed by atoms with Gasteiger partial charge in [0.05, 0.1) is 34.8 Å². The number of rotatable bonds is 1. The van der Waals surface area contributed by atoms with Gasteiger partial charge in [-0.3, -0.25) is 10.1 Å². The highest BCUT2D eigenvalue weighted by molar-refractivity contribution is 5.91. The second kappa shape index (κ2) is 5.13. The standard InChI is InChI=1S/C17H15N5/c1-9-14(7-18)17(15(8-19)10(2)20-9)12-4-5-16-13(6-12)11(3)21-22-16/h4-6,14,17H,1-3H3,(H,21,22). The van der Waals surface area contributed by atoms with Crippen molar-refractivity contribution in [2.75, 3.05) is 0 Å². The fourth-order valence-electron chi connectivity index (χ4n) is 3.05. The van der Waals surface area contributed by atoms with Crippen molar-refractivity contribution in [1.82, 2.24) is 10.2 Å². The van der Waals surface area contributed by atoms with Crippen LogP contribution < -0.4 is 0 Å². The van der Waals surface area contributed by atoms with E-state index in [2.05, 4.69) is 27.3 Å². The van der Waals surface area contributed by atoms with Crippen LogP contribution >= 0.6 is 0 Å². The molecule has 0 spiro atoms. The first-order valence-electron chi connectivity index (χ1n) is 7.07. The van der Waals surface area contributed by atoms with Crippen molar-refractivity contribution in [1.29, 1.82) is 10.5 Å². The minimum absolute atomic E-state index is 0.272. The molecule has 2 aromatic rings. The zero-order valence-corrected chi connectivity index (χ0v) is 12.7. The van der Waals surface area contributed by atoms with Gasteiger partial charge in [0.2, 0.25) is 0 Å². The van der Waals surface area contributed by atoms with E-state index in [4.69, 9.17) is 0 Å². The van der Waals surface area contributed by atoms with Crippen LogP contribution in [0.1, 0.15) is 31.0 Å². The number of aromatic amines is 1. The van der Waals surface area contributed by atoms with E-state index in [1.54, 1.807) is 0 Å². The van der Waals surface area contributed by atoms with Gasteiger partial charge in [-0.05, 0) is 38.5 Å². The average molecular weight is 289 g/mol. The molecule has 1 aromatic heterocycles. The van der Waals surface area contributed by atoms with Gasteiger partial charge in [-0.15, -0.1) is 0 Å². The Kier molecular flexibility index (Phi) is 3.27. The highest BCUT2D eigenvalue weighted by Crippen LogP contribution is 2.39. The van der Waals surface area contributed by atoms with E-state index in [-0.39, 0.29) is 5.92 Å². The van der Waals surface area contributed by atoms with Gasteiger partial charge in [0.1, 0.15) is 0 Å². The van der Waals surface area contributed by atoms with Crippen LogP contribution in [0, 0.1) is 35.5 Å². The van der Waals surface area contributed by atoms with Crippen molar-refractivity contribution in [2.24, 2.45) is 10.9 Å². The highest BCUT2D eigenvalue weighted by atomic mass is 15.1. The molecule has 1 aliphatic heterocycles. The van der Waals surface area contributed by atoms with Gasteiger partial charge < -0.3 is 0 Å². The molecule has 0 fully saturated rings. The molecule has 2 atom stereocenters. The molecular formula is C17H15N5. The number of aryl methyl sites for hydroxylation is 1. The maximum atomic E-state index is 9.54. The predicted molar refractivity (Wildman–Crippen MR) is 84.1 cm³/mol. The number of allylic oxidation sites excluding steroid dienone is 2. The summed E-state index contributed by atoms with van der Waals surface area (Å²) in [4.78, 5) is 4.37. The molecule has 3 rings (SSSR count). The molecule has 1 aromatic carbocycles. The van der Waals surface area contributed by atoms with Crippen LogP contribution in [0.2, 0.25) is 0 Å². The summed E-state index contributed by atoms with van der Waals surface area (Å²) in [7, 11) is 0. The lowest BCUT2D eigenvalue weighted by molar-refractivity contribution is 0.704. The van der Waals surface area contributed by atoms with Gasteiger partial charge in [-0.25, -0.2) is 0 Å². The molecule has 5 heteroatoms. The van der Waals surface area contributed by atoms with E-state index in [1.165, 1.54) is 0 Å². The smallest absolute Gasteiger partial charge is 0.0973 e. The number of aromatic nitrogens is 2. The number of fused-ring (bicyclic) bond motifs is 1. The van der Waals surface area contributed by atoms with E-state index in [1.807, 2.05) is 39.0 Å². The highest BCUT2D eigenvalue weighted by Gasteiger charge is 2.34. The second-order valence-electron chi connectivity index (χ2n) is 5.57. The topological polar surface area (TPSA) is 88.6 Å². The molecule has 0 radical (unpaired) electrons. The Balaban J connectivity index is 2.22. The fourth-order valence-corrected chi connectivity index (χ4v) is 3.05. The lowest BCUT2D eigenvalue weighted by atomic mass is 9.76. The summed E-state index contributed by atoms with van der Waals surface area (Å²) in [6, 6.07) is 10.4. The molecule has 0 bridgehead atoms. The van der Waals surface area contributed by atoms with Crippen LogP contribution in [-0.2, 0) is 0 Å². The van der Waals surface area contributed by atoms with Crippen molar-refractivity contribution in [2.45, 2.75) is 26.7 Å². The fraction of sp³-hybridized carbons (Fsp3) is 0.294. The zero-order valence-electron chi connectivity index (χ0n) is 12.7. The molecule has 22 heavy (non-hydrogen) atoms. The number of nitrogens with one attached hydrogen (secondary N) is 1. The maximum absolute atomic E-state index is 9.54. The number of aliphatic imine (C=N–C) groups is 1. The molecule has 1 N–H and O–H groups in total. The molecule has 1 aliphatic rings. The largest absolute Gasteiger partial charge is 0.282 e. The Morgan fingerprint density at radius 3 is 2.64 bits per heavy atom. The Hall–Kier alpha value is -2.92. The quantitative estimate of drug-likeness (QED) is 0.872. The first-order chi connectivity index (χ1) is 10.6. The third kappa shape index (κ3) is 1.99. The van der Waals surface area contributed by atoms with Crippen molar-refractivity contribution >= 4 is 16.6 Å². The maximum Gasteiger partial charge on any atom is 0.0973 e. The molecule has 0 aliphatic carbocycles. The number of hydrogen-bond donors (Lipinski definition) is 1. The second-order valence-corrected chi connectivity index (χ2v) is 5.57. The van der Waals surface area contributed by atoms with E-state index < -0.39 is 5.92 Å². The van der Waals surface area contributed by atoms with E-state index in [9.17, 15) is 10.5 Å². The summed E-state index contributed by atoms with van der Waals surface area (Å²) in [5.41, 5.74) is 4.83. The first-order valence-corrected chi connectivity index (χ1v) is 7.07. The van der Waals surface area contributed by atoms with Crippen molar-refractivity contribution in [3.8, 4) is 12.1 Å². The lowest BCUT2D eigenvalue weighted by Gasteiger charge is -2.26. The van der Waals surface area contributed by atoms with Crippen molar-refractivity contribution in [3.05, 3.63) is 40.7 Å². The zero-order chi connectivity index (χ0) is 15.9. The number of H-pyrrole nitrogens is 1. The number of nitrogens with zero attached hydrogens (tertiary/aromatic N) is 4. The summed E-state index contributed by atoms with van der Waals surface area (Å²) in [5.74, 6) is -0.686. The summed E-state index contributed by atoms with van der Waals surface area (Å²) in [6.45, 7) is 5.63. The summed E-state index contributed by atoms with van der Waals surface area (Å²) in [6.07, 6.45) is 0. The Morgan fingerprint density at radius 2 is 1.95 bits per heavy atom. The van der Waals surface area contributed by atoms with E-state index in [0.717, 1.165) is 27.9 Å². The van der Waals surface area contributed by atoms with Gasteiger partial charge in [-0.2, -0.15) is 15.6 Å². The average Bonchev–Trinajstić information content (AvgIpc) is 2.87. The summed E-state index contributed by atoms with van der Waals surface area (Å²) >= 11 is 0. The molecular weight excluding hydrogens is 274 g/mol. The molecule has 2 heterocycles. The van der Waals surface area contributed by atoms with Gasteiger partial charge in [0, 0.05) is 22.7 Å². The monoisotopic (exact) mass is 289 g/mol. The number of hydrogen-bond acceptors (Lipinski definition) is 4. The SMILES string of the molecule is CC1=NC(C)=C(C#N)C(c2ccc3n[nH]c(C)c3c2)C1C#N. The van der Waals surface area contributed by atoms with Crippen molar-refractivity contribution in [3.63, 3.8) is 0 Å². The van der Waals surface area contributed by atoms with E-state index >= 15 is 0 Å². The van der Waals surface area contributed by atoms with Crippen molar-refractivity contribution < 1.29 is 0 Å². The summed E-state index contributed by atoms with van der Waals surface area (Å²) in [5, 5.41) is 27.3. The first kappa shape index (κ1) is 14.0. The minimum Gasteiger partial charge on any atom is -0.282 e. The normalized spacial score (nSPS) is 21.4. The van der Waals surface area contributed by atoms with Gasteiger partial charge in [0.15, 0.2) is 0 Å². The van der Waals surface area contributed by atoms with Crippen LogP contribution in [-0.4, -0.2) is 15.9 Å². The van der Waals surface area contributed by atoms with Crippen LogP contribution in [0.4, 0.5) is 0 Å². The van der Waals surface area contributed by atoms with Crippen LogP contribution in [0.15, 0.2) is 34.5 Å². The number of benzene rings is 1. The molecule has 0 saturated heterocycles. The van der Waals surface area contributed by atoms with Gasteiger partial charge in [-0.1, -0.05) is 6.07 Å². The van der Waals surface area contributed by atoms with Gasteiger partial charge >= 0.3 is 0 Å². The molecule has 2 unspecified atom stereocenters. The lowest BCUT2D eigenvalue weighted by Crippen LogP contribution is -2.24. The predicted octanol–water partition coefficient (Wildman–Crippen LogP) is 3.37. The third-order valence-corrected chi connectivity index (χ3v) is 4.22. The minimum atomic E-state index is -0.414. The van der Waals surface area contributed by atoms with Crippen LogP contribution in [0.25, 0.3) is 10.9 Å². The molecule has 108 valence electrons. The Bertz CT molecular complexity index is 901. The number of nitriles is 2. The third-order valence-electron chi connectivity index (χ3n) is 4.22.